The SMILES string of the molecule is CSCC(C)N(C)CC(O)c1ccc(F)c(F)c1. The van der Waals surface area contributed by atoms with Crippen LogP contribution in [0.15, 0.2) is 18.2 Å². The number of benzene rings is 1. The van der Waals surface area contributed by atoms with E-state index < -0.39 is 17.7 Å². The van der Waals surface area contributed by atoms with Gasteiger partial charge in [0.25, 0.3) is 0 Å². The van der Waals surface area contributed by atoms with E-state index in [0.717, 1.165) is 17.9 Å². The zero-order valence-corrected chi connectivity index (χ0v) is 11.7. The van der Waals surface area contributed by atoms with Crippen molar-refractivity contribution in [2.75, 3.05) is 25.6 Å². The molecule has 0 saturated carbocycles. The molecule has 0 spiro atoms. The van der Waals surface area contributed by atoms with Crippen LogP contribution in [-0.2, 0) is 0 Å². The van der Waals surface area contributed by atoms with Crippen LogP contribution in [0.5, 0.6) is 0 Å². The van der Waals surface area contributed by atoms with Gasteiger partial charge < -0.3 is 5.11 Å². The van der Waals surface area contributed by atoms with E-state index in [-0.39, 0.29) is 0 Å². The van der Waals surface area contributed by atoms with E-state index >= 15 is 0 Å². The molecule has 0 saturated heterocycles. The Morgan fingerprint density at radius 1 is 1.33 bits per heavy atom. The Labute approximate surface area is 111 Å². The predicted octanol–water partition coefficient (Wildman–Crippen LogP) is 2.68. The van der Waals surface area contributed by atoms with Crippen LogP contribution in [-0.4, -0.2) is 41.6 Å². The van der Waals surface area contributed by atoms with Crippen molar-refractivity contribution in [1.82, 2.24) is 4.90 Å². The second-order valence-electron chi connectivity index (χ2n) is 4.43. The van der Waals surface area contributed by atoms with Crippen LogP contribution >= 0.6 is 11.8 Å². The zero-order valence-electron chi connectivity index (χ0n) is 10.9. The third-order valence-corrected chi connectivity index (χ3v) is 3.77. The molecule has 18 heavy (non-hydrogen) atoms. The molecular weight excluding hydrogens is 256 g/mol. The number of hydrogen-bond donors (Lipinski definition) is 1. The van der Waals surface area contributed by atoms with Crippen molar-refractivity contribution in [1.29, 1.82) is 0 Å². The highest BCUT2D eigenvalue weighted by atomic mass is 32.2. The van der Waals surface area contributed by atoms with E-state index in [9.17, 15) is 13.9 Å². The summed E-state index contributed by atoms with van der Waals surface area (Å²) < 4.78 is 25.8. The summed E-state index contributed by atoms with van der Waals surface area (Å²) in [7, 11) is 1.91. The van der Waals surface area contributed by atoms with Crippen LogP contribution in [0.1, 0.15) is 18.6 Å². The first-order valence-corrected chi connectivity index (χ1v) is 7.17. The van der Waals surface area contributed by atoms with Crippen LogP contribution in [0.3, 0.4) is 0 Å². The van der Waals surface area contributed by atoms with E-state index in [4.69, 9.17) is 0 Å². The second-order valence-corrected chi connectivity index (χ2v) is 5.34. The van der Waals surface area contributed by atoms with Gasteiger partial charge in [-0.05, 0) is 37.9 Å². The van der Waals surface area contributed by atoms with Gasteiger partial charge in [0.15, 0.2) is 11.6 Å². The van der Waals surface area contributed by atoms with Crippen molar-refractivity contribution in [3.05, 3.63) is 35.4 Å². The highest BCUT2D eigenvalue weighted by Crippen LogP contribution is 2.18. The molecular formula is C13H19F2NOS. The average molecular weight is 275 g/mol. The summed E-state index contributed by atoms with van der Waals surface area (Å²) in [6.07, 6.45) is 1.21. The molecule has 2 unspecified atom stereocenters. The normalized spacial score (nSPS) is 14.8. The maximum absolute atomic E-state index is 13.1. The number of thioether (sulfide) groups is 1. The Kier molecular flexibility index (Phi) is 6.05. The first-order valence-electron chi connectivity index (χ1n) is 5.78. The number of likely N-dealkylation sites (N-methyl/N-ethyl adjacent to an activating group) is 1. The molecule has 0 aliphatic carbocycles. The van der Waals surface area contributed by atoms with E-state index in [0.29, 0.717) is 18.2 Å². The molecule has 2 nitrogen and oxygen atoms in total. The summed E-state index contributed by atoms with van der Waals surface area (Å²) in [5, 5.41) is 9.99. The minimum atomic E-state index is -0.925. The van der Waals surface area contributed by atoms with Crippen LogP contribution in [0.2, 0.25) is 0 Å². The van der Waals surface area contributed by atoms with Crippen LogP contribution < -0.4 is 0 Å². The van der Waals surface area contributed by atoms with Gasteiger partial charge in [0, 0.05) is 18.3 Å². The third-order valence-electron chi connectivity index (χ3n) is 2.95. The lowest BCUT2D eigenvalue weighted by atomic mass is 10.1. The maximum Gasteiger partial charge on any atom is 0.159 e. The lowest BCUT2D eigenvalue weighted by molar-refractivity contribution is 0.113. The summed E-state index contributed by atoms with van der Waals surface area (Å²) >= 11 is 1.73. The zero-order chi connectivity index (χ0) is 13.7. The summed E-state index contributed by atoms with van der Waals surface area (Å²) in [6, 6.07) is 3.82. The molecule has 2 atom stereocenters. The maximum atomic E-state index is 13.1. The van der Waals surface area contributed by atoms with Crippen molar-refractivity contribution in [3.8, 4) is 0 Å². The smallest absolute Gasteiger partial charge is 0.159 e. The van der Waals surface area contributed by atoms with Crippen LogP contribution in [0.25, 0.3) is 0 Å². The molecule has 0 bridgehead atoms. The Morgan fingerprint density at radius 2 is 2.00 bits per heavy atom. The van der Waals surface area contributed by atoms with Crippen molar-refractivity contribution in [2.45, 2.75) is 19.1 Å². The van der Waals surface area contributed by atoms with Gasteiger partial charge in [0.1, 0.15) is 0 Å². The minimum Gasteiger partial charge on any atom is -0.387 e. The van der Waals surface area contributed by atoms with E-state index in [1.165, 1.54) is 6.07 Å². The Balaban J connectivity index is 2.64. The molecule has 0 aliphatic rings. The number of nitrogens with zero attached hydrogens (tertiary/aromatic N) is 1. The molecule has 1 rings (SSSR count). The van der Waals surface area contributed by atoms with E-state index in [2.05, 4.69) is 6.92 Å². The molecule has 1 aromatic carbocycles. The van der Waals surface area contributed by atoms with Gasteiger partial charge in [-0.3, -0.25) is 4.90 Å². The number of halogens is 2. The van der Waals surface area contributed by atoms with Gasteiger partial charge in [0.05, 0.1) is 6.10 Å². The van der Waals surface area contributed by atoms with Gasteiger partial charge in [-0.15, -0.1) is 0 Å². The molecule has 1 aromatic rings. The Morgan fingerprint density at radius 3 is 2.56 bits per heavy atom. The van der Waals surface area contributed by atoms with Gasteiger partial charge in [-0.1, -0.05) is 6.07 Å². The third kappa shape index (κ3) is 4.23. The number of aliphatic hydroxyl groups excluding tert-OH is 1. The van der Waals surface area contributed by atoms with Crippen LogP contribution in [0, 0.1) is 11.6 Å². The second kappa shape index (κ2) is 7.07. The summed E-state index contributed by atoms with van der Waals surface area (Å²) in [4.78, 5) is 2.00. The fourth-order valence-electron chi connectivity index (χ4n) is 1.65. The summed E-state index contributed by atoms with van der Waals surface area (Å²) in [5.74, 6) is -0.859. The van der Waals surface area contributed by atoms with Gasteiger partial charge in [-0.2, -0.15) is 11.8 Å². The minimum absolute atomic E-state index is 0.319. The largest absolute Gasteiger partial charge is 0.387 e. The summed E-state index contributed by atoms with van der Waals surface area (Å²) in [6.45, 7) is 2.46. The lowest BCUT2D eigenvalue weighted by Gasteiger charge is -2.26. The molecule has 0 aliphatic heterocycles. The van der Waals surface area contributed by atoms with E-state index in [1.807, 2.05) is 18.2 Å². The highest BCUT2D eigenvalue weighted by Gasteiger charge is 2.16. The van der Waals surface area contributed by atoms with Crippen molar-refractivity contribution in [2.24, 2.45) is 0 Å². The molecule has 0 fully saturated rings. The fraction of sp³-hybridized carbons (Fsp3) is 0.538. The Bertz CT molecular complexity index is 389. The molecule has 0 amide bonds. The lowest BCUT2D eigenvalue weighted by Crippen LogP contribution is -2.34. The molecule has 102 valence electrons. The monoisotopic (exact) mass is 275 g/mol. The van der Waals surface area contributed by atoms with Gasteiger partial charge >= 0.3 is 0 Å². The van der Waals surface area contributed by atoms with E-state index in [1.54, 1.807) is 11.8 Å². The number of rotatable bonds is 6. The molecule has 0 aromatic heterocycles. The van der Waals surface area contributed by atoms with Crippen LogP contribution in [0.4, 0.5) is 8.78 Å². The Hall–Kier alpha value is -0.650. The topological polar surface area (TPSA) is 23.5 Å². The first-order chi connectivity index (χ1) is 8.45. The summed E-state index contributed by atoms with van der Waals surface area (Å²) in [5.41, 5.74) is 0.400. The predicted molar refractivity (Wildman–Crippen MR) is 71.8 cm³/mol. The van der Waals surface area contributed by atoms with Crippen molar-refractivity contribution < 1.29 is 13.9 Å². The van der Waals surface area contributed by atoms with Crippen molar-refractivity contribution in [3.63, 3.8) is 0 Å². The van der Waals surface area contributed by atoms with Crippen molar-refractivity contribution >= 4 is 11.8 Å². The van der Waals surface area contributed by atoms with Gasteiger partial charge in [-0.25, -0.2) is 8.78 Å². The average Bonchev–Trinajstić information content (AvgIpc) is 2.32. The van der Waals surface area contributed by atoms with Gasteiger partial charge in [0.2, 0.25) is 0 Å². The molecule has 1 N–H and O–H groups in total. The highest BCUT2D eigenvalue weighted by molar-refractivity contribution is 7.98. The molecule has 0 radical (unpaired) electrons. The number of hydrogen-bond acceptors (Lipinski definition) is 3. The fourth-order valence-corrected chi connectivity index (χ4v) is 2.38. The first kappa shape index (κ1) is 15.4. The standard InChI is InChI=1S/C13H19F2NOS/c1-9(8-18-3)16(2)7-13(17)10-4-5-11(14)12(15)6-10/h4-6,9,13,17H,7-8H2,1-3H3. The molecule has 0 heterocycles. The number of aliphatic hydroxyl groups is 1. The molecule has 5 heteroatoms. The quantitative estimate of drug-likeness (QED) is 0.863.